The first-order chi connectivity index (χ1) is 9.67. The van der Waals surface area contributed by atoms with Crippen molar-refractivity contribution in [2.24, 2.45) is 0 Å². The van der Waals surface area contributed by atoms with Crippen LogP contribution in [0.15, 0.2) is 36.7 Å². The third-order valence-corrected chi connectivity index (χ3v) is 3.33. The van der Waals surface area contributed by atoms with E-state index in [1.807, 2.05) is 17.1 Å². The Morgan fingerprint density at radius 3 is 2.40 bits per heavy atom. The summed E-state index contributed by atoms with van der Waals surface area (Å²) >= 11 is 5.26. The highest BCUT2D eigenvalue weighted by molar-refractivity contribution is 7.80. The largest absolute Gasteiger partial charge is 0.359 e. The van der Waals surface area contributed by atoms with Crippen LogP contribution in [0.1, 0.15) is 23.6 Å². The van der Waals surface area contributed by atoms with Crippen LogP contribution in [0.5, 0.6) is 0 Å². The fourth-order valence-electron chi connectivity index (χ4n) is 1.80. The predicted molar refractivity (Wildman–Crippen MR) is 85.4 cm³/mol. The molecule has 1 aromatic carbocycles. The number of aryl methyl sites for hydroxylation is 2. The zero-order chi connectivity index (χ0) is 14.4. The molecule has 2 N–H and O–H groups in total. The van der Waals surface area contributed by atoms with E-state index < -0.39 is 0 Å². The Balaban J connectivity index is 1.74. The van der Waals surface area contributed by atoms with Gasteiger partial charge in [-0.2, -0.15) is 5.10 Å². The monoisotopic (exact) mass is 288 g/mol. The summed E-state index contributed by atoms with van der Waals surface area (Å²) in [6.07, 6.45) is 3.88. The average molecular weight is 288 g/mol. The molecule has 0 saturated carbocycles. The van der Waals surface area contributed by atoms with Crippen molar-refractivity contribution in [3.63, 3.8) is 0 Å². The van der Waals surface area contributed by atoms with Crippen molar-refractivity contribution in [2.45, 2.75) is 33.5 Å². The first-order valence-electron chi connectivity index (χ1n) is 6.76. The Hall–Kier alpha value is -1.88. The van der Waals surface area contributed by atoms with Crippen LogP contribution in [0, 0.1) is 6.92 Å². The molecule has 2 aromatic rings. The summed E-state index contributed by atoms with van der Waals surface area (Å²) < 4.78 is 1.90. The summed E-state index contributed by atoms with van der Waals surface area (Å²) in [6, 6.07) is 8.42. The highest BCUT2D eigenvalue weighted by Crippen LogP contribution is 2.02. The SMILES string of the molecule is CCn1cc(CNC(=S)NCc2ccc(C)cc2)cn1. The normalized spacial score (nSPS) is 10.3. The lowest BCUT2D eigenvalue weighted by Gasteiger charge is -2.09. The van der Waals surface area contributed by atoms with E-state index in [-0.39, 0.29) is 0 Å². The fourth-order valence-corrected chi connectivity index (χ4v) is 1.95. The second-order valence-electron chi connectivity index (χ2n) is 4.73. The molecule has 5 heteroatoms. The maximum absolute atomic E-state index is 5.26. The number of benzene rings is 1. The Morgan fingerprint density at radius 1 is 1.15 bits per heavy atom. The molecular formula is C15H20N4S. The maximum Gasteiger partial charge on any atom is 0.166 e. The third-order valence-electron chi connectivity index (χ3n) is 3.04. The number of aromatic nitrogens is 2. The molecule has 0 saturated heterocycles. The Bertz CT molecular complexity index is 560. The van der Waals surface area contributed by atoms with Crippen LogP contribution >= 0.6 is 12.2 Å². The number of hydrogen-bond donors (Lipinski definition) is 2. The Kier molecular flexibility index (Phi) is 5.12. The molecule has 0 amide bonds. The van der Waals surface area contributed by atoms with E-state index in [4.69, 9.17) is 12.2 Å². The van der Waals surface area contributed by atoms with Gasteiger partial charge in [-0.3, -0.25) is 4.68 Å². The van der Waals surface area contributed by atoms with Gasteiger partial charge in [-0.25, -0.2) is 0 Å². The Morgan fingerprint density at radius 2 is 1.80 bits per heavy atom. The summed E-state index contributed by atoms with van der Waals surface area (Å²) in [4.78, 5) is 0. The molecular weight excluding hydrogens is 268 g/mol. The number of nitrogens with zero attached hydrogens (tertiary/aromatic N) is 2. The highest BCUT2D eigenvalue weighted by Gasteiger charge is 2.00. The van der Waals surface area contributed by atoms with Crippen LogP contribution in [-0.2, 0) is 19.6 Å². The lowest BCUT2D eigenvalue weighted by molar-refractivity contribution is 0.659. The zero-order valence-electron chi connectivity index (χ0n) is 11.9. The van der Waals surface area contributed by atoms with Crippen LogP contribution in [0.25, 0.3) is 0 Å². The van der Waals surface area contributed by atoms with E-state index in [0.717, 1.165) is 18.7 Å². The molecule has 20 heavy (non-hydrogen) atoms. The lowest BCUT2D eigenvalue weighted by atomic mass is 10.1. The molecule has 1 aromatic heterocycles. The summed E-state index contributed by atoms with van der Waals surface area (Å²) in [7, 11) is 0. The lowest BCUT2D eigenvalue weighted by Crippen LogP contribution is -2.34. The molecule has 0 aliphatic rings. The summed E-state index contributed by atoms with van der Waals surface area (Å²) in [5.41, 5.74) is 3.62. The predicted octanol–water partition coefficient (Wildman–Crippen LogP) is 2.38. The van der Waals surface area contributed by atoms with Gasteiger partial charge in [0.2, 0.25) is 0 Å². The van der Waals surface area contributed by atoms with Crippen LogP contribution < -0.4 is 10.6 Å². The molecule has 0 radical (unpaired) electrons. The van der Waals surface area contributed by atoms with E-state index in [0.29, 0.717) is 11.7 Å². The standard InChI is InChI=1S/C15H20N4S/c1-3-19-11-14(10-18-19)9-17-15(20)16-8-13-6-4-12(2)5-7-13/h4-7,10-11H,3,8-9H2,1-2H3,(H2,16,17,20). The molecule has 1 heterocycles. The number of thiocarbonyl (C=S) groups is 1. The van der Waals surface area contributed by atoms with Crippen molar-refractivity contribution in [2.75, 3.05) is 0 Å². The average Bonchev–Trinajstić information content (AvgIpc) is 2.92. The first kappa shape index (κ1) is 14.5. The molecule has 2 rings (SSSR count). The van der Waals surface area contributed by atoms with Crippen LogP contribution in [0.2, 0.25) is 0 Å². The molecule has 0 aliphatic carbocycles. The minimum absolute atomic E-state index is 0.662. The van der Waals surface area contributed by atoms with Crippen molar-refractivity contribution < 1.29 is 0 Å². The number of rotatable bonds is 5. The molecule has 4 nitrogen and oxygen atoms in total. The van der Waals surface area contributed by atoms with E-state index in [9.17, 15) is 0 Å². The van der Waals surface area contributed by atoms with Gasteiger partial charge in [-0.1, -0.05) is 29.8 Å². The molecule has 0 atom stereocenters. The minimum atomic E-state index is 0.662. The van der Waals surface area contributed by atoms with Crippen molar-refractivity contribution in [3.8, 4) is 0 Å². The van der Waals surface area contributed by atoms with Crippen LogP contribution in [-0.4, -0.2) is 14.9 Å². The van der Waals surface area contributed by atoms with Gasteiger partial charge in [-0.05, 0) is 31.6 Å². The quantitative estimate of drug-likeness (QED) is 0.829. The van der Waals surface area contributed by atoms with Gasteiger partial charge in [-0.15, -0.1) is 0 Å². The summed E-state index contributed by atoms with van der Waals surface area (Å²) in [5.74, 6) is 0. The molecule has 0 spiro atoms. The van der Waals surface area contributed by atoms with Crippen molar-refractivity contribution in [1.29, 1.82) is 0 Å². The van der Waals surface area contributed by atoms with Gasteiger partial charge in [0, 0.05) is 31.4 Å². The van der Waals surface area contributed by atoms with Gasteiger partial charge >= 0.3 is 0 Å². The Labute approximate surface area is 125 Å². The van der Waals surface area contributed by atoms with Crippen molar-refractivity contribution >= 4 is 17.3 Å². The van der Waals surface area contributed by atoms with E-state index in [2.05, 4.69) is 53.8 Å². The van der Waals surface area contributed by atoms with Crippen molar-refractivity contribution in [1.82, 2.24) is 20.4 Å². The van der Waals surface area contributed by atoms with Gasteiger partial charge in [0.05, 0.1) is 6.20 Å². The molecule has 0 fully saturated rings. The maximum atomic E-state index is 5.26. The zero-order valence-corrected chi connectivity index (χ0v) is 12.7. The molecule has 0 bridgehead atoms. The third kappa shape index (κ3) is 4.35. The summed E-state index contributed by atoms with van der Waals surface area (Å²) in [6.45, 7) is 6.47. The number of nitrogens with one attached hydrogen (secondary N) is 2. The molecule has 0 aliphatic heterocycles. The van der Waals surface area contributed by atoms with Gasteiger partial charge < -0.3 is 10.6 Å². The van der Waals surface area contributed by atoms with Crippen molar-refractivity contribution in [3.05, 3.63) is 53.3 Å². The van der Waals surface area contributed by atoms with Gasteiger partial charge in [0.25, 0.3) is 0 Å². The molecule has 106 valence electrons. The topological polar surface area (TPSA) is 41.9 Å². The number of hydrogen-bond acceptors (Lipinski definition) is 2. The van der Waals surface area contributed by atoms with Crippen LogP contribution in [0.4, 0.5) is 0 Å². The minimum Gasteiger partial charge on any atom is -0.359 e. The van der Waals surface area contributed by atoms with Gasteiger partial charge in [0.1, 0.15) is 0 Å². The highest BCUT2D eigenvalue weighted by atomic mass is 32.1. The first-order valence-corrected chi connectivity index (χ1v) is 7.17. The second kappa shape index (κ2) is 7.05. The second-order valence-corrected chi connectivity index (χ2v) is 5.13. The van der Waals surface area contributed by atoms with Gasteiger partial charge in [0.15, 0.2) is 5.11 Å². The van der Waals surface area contributed by atoms with E-state index >= 15 is 0 Å². The van der Waals surface area contributed by atoms with E-state index in [1.165, 1.54) is 11.1 Å². The van der Waals surface area contributed by atoms with Crippen LogP contribution in [0.3, 0.4) is 0 Å². The summed E-state index contributed by atoms with van der Waals surface area (Å²) in [5, 5.41) is 11.3. The molecule has 0 unspecified atom stereocenters. The van der Waals surface area contributed by atoms with E-state index in [1.54, 1.807) is 0 Å². The fraction of sp³-hybridized carbons (Fsp3) is 0.333. The smallest absolute Gasteiger partial charge is 0.166 e.